The van der Waals surface area contributed by atoms with E-state index in [2.05, 4.69) is 44.0 Å². The lowest BCUT2D eigenvalue weighted by molar-refractivity contribution is 0.674. The minimum absolute atomic E-state index is 0.726. The summed E-state index contributed by atoms with van der Waals surface area (Å²) in [4.78, 5) is 0. The zero-order chi connectivity index (χ0) is 9.26. The van der Waals surface area contributed by atoms with Gasteiger partial charge in [0.05, 0.1) is 0 Å². The number of hydrogen-bond acceptors (Lipinski definition) is 0. The Kier molecular flexibility index (Phi) is 3.31. The summed E-state index contributed by atoms with van der Waals surface area (Å²) in [5, 5.41) is 1.14. The number of hydrogen-bond donors (Lipinski definition) is 0. The Hall–Kier alpha value is 0.440. The highest BCUT2D eigenvalue weighted by Crippen LogP contribution is 2.48. The van der Waals surface area contributed by atoms with Gasteiger partial charge >= 0.3 is 0 Å². The van der Waals surface area contributed by atoms with Crippen molar-refractivity contribution in [3.63, 3.8) is 0 Å². The number of unbranched alkanes of at least 4 members (excludes halogenated alkanes) is 1. The second-order valence-corrected chi connectivity index (χ2v) is 5.50. The Morgan fingerprint density at radius 1 is 1.23 bits per heavy atom. The third-order valence-corrected chi connectivity index (χ3v) is 4.65. The molecule has 0 nitrogen and oxygen atoms in total. The maximum absolute atomic E-state index is 3.73. The van der Waals surface area contributed by atoms with Crippen LogP contribution in [-0.2, 0) is 0 Å². The van der Waals surface area contributed by atoms with Crippen LogP contribution in [0.15, 0.2) is 22.2 Å². The number of alkyl halides is 1. The minimum atomic E-state index is 0.726. The molecule has 2 aliphatic carbocycles. The van der Waals surface area contributed by atoms with Gasteiger partial charge in [-0.3, -0.25) is 0 Å². The number of fused-ring (bicyclic) bond motifs is 2. The van der Waals surface area contributed by atoms with Crippen molar-refractivity contribution in [2.24, 2.45) is 11.8 Å². The molecule has 2 unspecified atom stereocenters. The van der Waals surface area contributed by atoms with E-state index in [9.17, 15) is 0 Å². The van der Waals surface area contributed by atoms with Crippen molar-refractivity contribution >= 4 is 31.9 Å². The third-order valence-electron chi connectivity index (χ3n) is 2.99. The van der Waals surface area contributed by atoms with Crippen molar-refractivity contribution in [2.45, 2.75) is 25.7 Å². The zero-order valence-electron chi connectivity index (χ0n) is 7.60. The molecule has 0 radical (unpaired) electrons. The number of allylic oxidation sites excluding steroid dienone is 4. The normalized spacial score (nSPS) is 30.6. The molecule has 0 N–H and O–H groups in total. The summed E-state index contributed by atoms with van der Waals surface area (Å²) in [5.41, 5.74) is 1.67. The predicted molar refractivity (Wildman–Crippen MR) is 64.3 cm³/mol. The van der Waals surface area contributed by atoms with Crippen LogP contribution in [0, 0.1) is 11.8 Å². The SMILES string of the molecule is BrCCCCC1=C(Br)C2C=CC1C2. The second kappa shape index (κ2) is 4.31. The molecule has 0 aliphatic heterocycles. The van der Waals surface area contributed by atoms with Gasteiger partial charge in [-0.05, 0) is 31.6 Å². The molecular formula is C11H14Br2. The van der Waals surface area contributed by atoms with Crippen molar-refractivity contribution in [2.75, 3.05) is 5.33 Å². The van der Waals surface area contributed by atoms with E-state index in [-0.39, 0.29) is 0 Å². The Morgan fingerprint density at radius 3 is 2.62 bits per heavy atom. The standard InChI is InChI=1S/C11H14Br2/c12-6-2-1-3-10-8-4-5-9(7-8)11(10)13/h4-5,8-9H,1-3,6-7H2. The van der Waals surface area contributed by atoms with E-state index in [1.807, 2.05) is 0 Å². The first-order valence-corrected chi connectivity index (χ1v) is 6.87. The molecule has 2 heteroatoms. The lowest BCUT2D eigenvalue weighted by Gasteiger charge is -2.11. The summed E-state index contributed by atoms with van der Waals surface area (Å²) in [6.45, 7) is 0. The van der Waals surface area contributed by atoms with Gasteiger partial charge in [-0.2, -0.15) is 0 Å². The van der Waals surface area contributed by atoms with E-state index < -0.39 is 0 Å². The smallest absolute Gasteiger partial charge is 0.00928 e. The van der Waals surface area contributed by atoms with Crippen LogP contribution in [0.3, 0.4) is 0 Å². The Morgan fingerprint density at radius 2 is 2.00 bits per heavy atom. The molecule has 0 heterocycles. The zero-order valence-corrected chi connectivity index (χ0v) is 10.8. The molecule has 0 saturated heterocycles. The van der Waals surface area contributed by atoms with Crippen LogP contribution < -0.4 is 0 Å². The lowest BCUT2D eigenvalue weighted by atomic mass is 9.98. The van der Waals surface area contributed by atoms with E-state index in [1.54, 1.807) is 5.57 Å². The molecule has 0 amide bonds. The highest BCUT2D eigenvalue weighted by atomic mass is 79.9. The molecule has 0 fully saturated rings. The molecule has 0 spiro atoms. The van der Waals surface area contributed by atoms with Crippen LogP contribution in [0.1, 0.15) is 25.7 Å². The summed E-state index contributed by atoms with van der Waals surface area (Å²) >= 11 is 7.20. The van der Waals surface area contributed by atoms with E-state index in [4.69, 9.17) is 0 Å². The van der Waals surface area contributed by atoms with Crippen molar-refractivity contribution in [3.8, 4) is 0 Å². The summed E-state index contributed by atoms with van der Waals surface area (Å²) < 4.78 is 1.49. The van der Waals surface area contributed by atoms with E-state index >= 15 is 0 Å². The highest BCUT2D eigenvalue weighted by Gasteiger charge is 2.32. The van der Waals surface area contributed by atoms with Crippen LogP contribution in [0.2, 0.25) is 0 Å². The average Bonchev–Trinajstić information content (AvgIpc) is 2.69. The highest BCUT2D eigenvalue weighted by molar-refractivity contribution is 9.11. The molecule has 0 saturated carbocycles. The van der Waals surface area contributed by atoms with E-state index in [1.165, 1.54) is 30.2 Å². The molecule has 0 aromatic rings. The first-order chi connectivity index (χ1) is 6.33. The molecule has 2 rings (SSSR count). The van der Waals surface area contributed by atoms with Crippen LogP contribution in [-0.4, -0.2) is 5.33 Å². The number of rotatable bonds is 4. The Balaban J connectivity index is 1.92. The topological polar surface area (TPSA) is 0 Å². The van der Waals surface area contributed by atoms with Gasteiger partial charge in [-0.25, -0.2) is 0 Å². The monoisotopic (exact) mass is 304 g/mol. The number of halogens is 2. The fraction of sp³-hybridized carbons (Fsp3) is 0.636. The minimum Gasteiger partial charge on any atom is -0.0928 e. The Labute approximate surface area is 96.7 Å². The van der Waals surface area contributed by atoms with Crippen molar-refractivity contribution in [1.82, 2.24) is 0 Å². The molecule has 13 heavy (non-hydrogen) atoms. The first-order valence-electron chi connectivity index (χ1n) is 4.95. The molecule has 2 atom stereocenters. The van der Waals surface area contributed by atoms with Gasteiger partial charge in [0.25, 0.3) is 0 Å². The predicted octanol–water partition coefficient (Wildman–Crippen LogP) is 4.41. The van der Waals surface area contributed by atoms with Crippen LogP contribution >= 0.6 is 31.9 Å². The van der Waals surface area contributed by atoms with Crippen molar-refractivity contribution in [3.05, 3.63) is 22.2 Å². The largest absolute Gasteiger partial charge is 0.0928 e. The van der Waals surface area contributed by atoms with Gasteiger partial charge in [0.2, 0.25) is 0 Å². The van der Waals surface area contributed by atoms with Crippen molar-refractivity contribution in [1.29, 1.82) is 0 Å². The maximum atomic E-state index is 3.73. The summed E-state index contributed by atoms with van der Waals surface area (Å²) in [5.74, 6) is 1.50. The quantitative estimate of drug-likeness (QED) is 0.410. The average molecular weight is 306 g/mol. The van der Waals surface area contributed by atoms with Crippen molar-refractivity contribution < 1.29 is 0 Å². The third kappa shape index (κ3) is 1.94. The van der Waals surface area contributed by atoms with Gasteiger partial charge < -0.3 is 0 Å². The molecule has 0 aromatic carbocycles. The van der Waals surface area contributed by atoms with Gasteiger partial charge in [0, 0.05) is 15.7 Å². The van der Waals surface area contributed by atoms with Crippen LogP contribution in [0.25, 0.3) is 0 Å². The maximum Gasteiger partial charge on any atom is 0.00928 e. The molecule has 2 aliphatic rings. The molecule has 0 aromatic heterocycles. The first kappa shape index (κ1) is 9.97. The fourth-order valence-corrected chi connectivity index (χ4v) is 3.50. The van der Waals surface area contributed by atoms with Crippen LogP contribution in [0.4, 0.5) is 0 Å². The fourth-order valence-electron chi connectivity index (χ4n) is 2.28. The molecular weight excluding hydrogens is 292 g/mol. The van der Waals surface area contributed by atoms with Crippen LogP contribution in [0.5, 0.6) is 0 Å². The van der Waals surface area contributed by atoms with Gasteiger partial charge in [0.15, 0.2) is 0 Å². The Bertz CT molecular complexity index is 253. The summed E-state index contributed by atoms with van der Waals surface area (Å²) in [6, 6.07) is 0. The lowest BCUT2D eigenvalue weighted by Crippen LogP contribution is -1.95. The van der Waals surface area contributed by atoms with E-state index in [0.717, 1.165) is 17.2 Å². The molecule has 2 bridgehead atoms. The van der Waals surface area contributed by atoms with E-state index in [0.29, 0.717) is 0 Å². The second-order valence-electron chi connectivity index (χ2n) is 3.85. The summed E-state index contributed by atoms with van der Waals surface area (Å²) in [7, 11) is 0. The summed E-state index contributed by atoms with van der Waals surface area (Å²) in [6.07, 6.45) is 9.99. The molecule has 72 valence electrons. The van der Waals surface area contributed by atoms with Gasteiger partial charge in [-0.1, -0.05) is 49.6 Å². The van der Waals surface area contributed by atoms with Gasteiger partial charge in [0.1, 0.15) is 0 Å². The van der Waals surface area contributed by atoms with Gasteiger partial charge in [-0.15, -0.1) is 0 Å².